The van der Waals surface area contributed by atoms with Gasteiger partial charge >= 0.3 is 0 Å². The van der Waals surface area contributed by atoms with Crippen molar-refractivity contribution in [1.29, 1.82) is 0 Å². The number of halogens is 4. The Morgan fingerprint density at radius 2 is 0.432 bits per heavy atom. The second kappa shape index (κ2) is 23.3. The van der Waals surface area contributed by atoms with Crippen LogP contribution < -0.4 is 0 Å². The van der Waals surface area contributed by atoms with Gasteiger partial charge in [0.05, 0.1) is 45.6 Å². The van der Waals surface area contributed by atoms with Crippen molar-refractivity contribution >= 4 is 109 Å². The Morgan fingerprint density at radius 1 is 0.227 bits per heavy atom. The van der Waals surface area contributed by atoms with Gasteiger partial charge in [-0.05, 0) is 292 Å². The summed E-state index contributed by atoms with van der Waals surface area (Å²) < 4.78 is 3.65. The lowest BCUT2D eigenvalue weighted by Gasteiger charge is -2.19. The number of allylic oxidation sites excluding steroid dienone is 12. The minimum Gasteiger partial charge on any atom is -0.248 e. The van der Waals surface area contributed by atoms with Crippen LogP contribution in [0, 0.1) is 83.1 Å². The van der Waals surface area contributed by atoms with Crippen molar-refractivity contribution in [3.63, 3.8) is 0 Å². The molecule has 0 amide bonds. The Morgan fingerprint density at radius 3 is 0.670 bits per heavy atom. The minimum atomic E-state index is 0.773. The van der Waals surface area contributed by atoms with Gasteiger partial charge in [0.2, 0.25) is 0 Å². The van der Waals surface area contributed by atoms with E-state index in [1.807, 2.05) is 12.1 Å². The van der Waals surface area contributed by atoms with Crippen LogP contribution in [0.25, 0.3) is 66.8 Å². The number of aliphatic imine (C=N–C) groups is 4. The molecule has 88 heavy (non-hydrogen) atoms. The Labute approximate surface area is 551 Å². The number of benzene rings is 8. The first kappa shape index (κ1) is 59.3. The number of hydrogen-bond donors (Lipinski definition) is 0. The van der Waals surface area contributed by atoms with Gasteiger partial charge in [0.25, 0.3) is 0 Å². The van der Waals surface area contributed by atoms with E-state index >= 15 is 0 Å². The highest BCUT2D eigenvalue weighted by Crippen LogP contribution is 2.47. The van der Waals surface area contributed by atoms with E-state index in [-0.39, 0.29) is 0 Å². The third kappa shape index (κ3) is 10.8. The largest absolute Gasteiger partial charge is 0.248 e. The molecule has 8 aromatic rings. The molecule has 8 bridgehead atoms. The SMILES string of the molecule is Cc1cc(C)c(-c2cc(C3=C4C=CC(=N4)C(c4c(Br)cccc4Br)=C4C=CC(=N4)C(c4cc(-c5c(C)cc(C)cc5C)cc(-c5c(C)cc(C)cc5C)c4)=C4C=CC(=N4)C(c4c(Br)cccc4Br)=C4C=CC3=N4)cc(-c3c(C)cc(C)cc3C)c2)c(C)c1. The minimum absolute atomic E-state index is 0.773. The second-order valence-corrected chi connectivity index (χ2v) is 27.7. The zero-order valence-electron chi connectivity index (χ0n) is 51.5. The van der Waals surface area contributed by atoms with Crippen LogP contribution in [0.4, 0.5) is 0 Å². The third-order valence-corrected chi connectivity index (χ3v) is 20.0. The van der Waals surface area contributed by atoms with Crippen molar-refractivity contribution in [2.24, 2.45) is 20.0 Å². The van der Waals surface area contributed by atoms with Gasteiger partial charge in [0.1, 0.15) is 0 Å². The van der Waals surface area contributed by atoms with E-state index in [1.165, 1.54) is 89.0 Å². The summed E-state index contributed by atoms with van der Waals surface area (Å²) in [6, 6.07) is 45.0. The molecular weight excluding hydrogens is 1340 g/mol. The lowest BCUT2D eigenvalue weighted by atomic mass is 9.85. The van der Waals surface area contributed by atoms with Crippen LogP contribution in [0.2, 0.25) is 0 Å². The Bertz CT molecular complexity index is 4290. The molecule has 0 saturated heterocycles. The first-order chi connectivity index (χ1) is 42.2. The third-order valence-electron chi connectivity index (χ3n) is 17.3. The van der Waals surface area contributed by atoms with Gasteiger partial charge in [-0.1, -0.05) is 147 Å². The van der Waals surface area contributed by atoms with Crippen molar-refractivity contribution in [2.45, 2.75) is 83.1 Å². The molecule has 5 aliphatic heterocycles. The zero-order chi connectivity index (χ0) is 61.7. The number of hydrogen-bond acceptors (Lipinski definition) is 4. The number of rotatable bonds is 8. The lowest BCUT2D eigenvalue weighted by Crippen LogP contribution is -2.05. The fourth-order valence-corrected chi connectivity index (χ4v) is 17.1. The summed E-state index contributed by atoms with van der Waals surface area (Å²) in [7, 11) is 0. The summed E-state index contributed by atoms with van der Waals surface area (Å²) >= 11 is 16.2. The molecule has 13 rings (SSSR count). The van der Waals surface area contributed by atoms with Gasteiger partial charge in [0.15, 0.2) is 0 Å². The molecular formula is C80H64Br4N4. The van der Waals surface area contributed by atoms with Crippen LogP contribution >= 0.6 is 63.7 Å². The topological polar surface area (TPSA) is 49.4 Å². The first-order valence-corrected chi connectivity index (χ1v) is 32.9. The summed E-state index contributed by atoms with van der Waals surface area (Å²) in [5.41, 5.74) is 37.9. The summed E-state index contributed by atoms with van der Waals surface area (Å²) in [5.74, 6) is 0. The van der Waals surface area contributed by atoms with Crippen molar-refractivity contribution in [1.82, 2.24) is 0 Å². The van der Waals surface area contributed by atoms with Gasteiger partial charge in [-0.25, -0.2) is 20.0 Å². The van der Waals surface area contributed by atoms with Crippen molar-refractivity contribution in [3.05, 3.63) is 300 Å². The highest BCUT2D eigenvalue weighted by Gasteiger charge is 2.31. The average molecular weight is 1400 g/mol. The summed E-state index contributed by atoms with van der Waals surface area (Å²) in [5, 5.41) is 0. The predicted molar refractivity (Wildman–Crippen MR) is 389 cm³/mol. The standard InChI is InChI=1S/C80H64Br4N4/c1-41-27-45(5)71(46(6)28-41)53-35-54(72-47(7)29-42(2)30-48(72)8)38-57(37-53)75-63-19-23-67(85-63)79(77-59(81)15-13-16-60(77)82)69-25-21-65(87-69)76(66-22-26-70(88-66)80(68-24-20-64(75)86-68)78-61(83)17-14-18-62(78)84)58-39-55(73-49(9)31-43(3)32-50(73)10)36-56(40-58)74-51(11)33-44(4)34-52(74)12/h13-40H,1-12H3. The van der Waals surface area contributed by atoms with Gasteiger partial charge in [-0.3, -0.25) is 0 Å². The Kier molecular flexibility index (Phi) is 15.7. The maximum Gasteiger partial charge on any atom is 0.0738 e. The highest BCUT2D eigenvalue weighted by molar-refractivity contribution is 9.11. The lowest BCUT2D eigenvalue weighted by molar-refractivity contribution is 1.31. The van der Waals surface area contributed by atoms with Gasteiger partial charge in [0, 0.05) is 51.3 Å². The molecule has 5 aliphatic rings. The van der Waals surface area contributed by atoms with E-state index in [4.69, 9.17) is 20.0 Å². The molecule has 0 radical (unpaired) electrons. The van der Waals surface area contributed by atoms with E-state index < -0.39 is 0 Å². The quantitative estimate of drug-likeness (QED) is 0.146. The highest BCUT2D eigenvalue weighted by atomic mass is 79.9. The van der Waals surface area contributed by atoms with Crippen LogP contribution in [0.3, 0.4) is 0 Å². The molecule has 0 atom stereocenters. The molecule has 0 saturated carbocycles. The molecule has 0 unspecified atom stereocenters. The molecule has 0 N–H and O–H groups in total. The van der Waals surface area contributed by atoms with Gasteiger partial charge in [-0.15, -0.1) is 0 Å². The van der Waals surface area contributed by atoms with E-state index in [9.17, 15) is 0 Å². The molecule has 0 aromatic heterocycles. The van der Waals surface area contributed by atoms with E-state index in [0.717, 1.165) is 130 Å². The normalized spacial score (nSPS) is 15.2. The van der Waals surface area contributed by atoms with Crippen molar-refractivity contribution in [2.75, 3.05) is 0 Å². The fourth-order valence-electron chi connectivity index (χ4n) is 14.3. The molecule has 0 aliphatic carbocycles. The summed E-state index contributed by atoms with van der Waals surface area (Å²) in [6.45, 7) is 26.6. The predicted octanol–water partition coefficient (Wildman–Crippen LogP) is 23.1. The zero-order valence-corrected chi connectivity index (χ0v) is 57.8. The Balaban J connectivity index is 1.15. The fraction of sp³-hybridized carbons (Fsp3) is 0.150. The van der Waals surface area contributed by atoms with Crippen LogP contribution in [0.1, 0.15) is 89.0 Å². The van der Waals surface area contributed by atoms with E-state index in [1.54, 1.807) is 0 Å². The van der Waals surface area contributed by atoms with Crippen LogP contribution in [0.5, 0.6) is 0 Å². The van der Waals surface area contributed by atoms with Crippen LogP contribution in [-0.4, -0.2) is 22.8 Å². The van der Waals surface area contributed by atoms with Crippen LogP contribution in [0.15, 0.2) is 231 Å². The number of nitrogens with zero attached hydrogens (tertiary/aromatic N) is 4. The molecule has 432 valence electrons. The summed E-state index contributed by atoms with van der Waals surface area (Å²) in [4.78, 5) is 23.2. The van der Waals surface area contributed by atoms with Gasteiger partial charge < -0.3 is 0 Å². The van der Waals surface area contributed by atoms with Crippen molar-refractivity contribution in [3.8, 4) is 44.5 Å². The average Bonchev–Trinajstić information content (AvgIpc) is 1.52. The molecule has 4 nitrogen and oxygen atoms in total. The monoisotopic (exact) mass is 1400 g/mol. The number of fused-ring (bicyclic) bond motifs is 4. The summed E-state index contributed by atoms with van der Waals surface area (Å²) in [6.07, 6.45) is 17.3. The molecule has 0 spiro atoms. The molecule has 5 heterocycles. The van der Waals surface area contributed by atoms with Gasteiger partial charge in [-0.2, -0.15) is 0 Å². The van der Waals surface area contributed by atoms with E-state index in [0.29, 0.717) is 0 Å². The number of aryl methyl sites for hydroxylation is 12. The second-order valence-electron chi connectivity index (χ2n) is 24.2. The van der Waals surface area contributed by atoms with Crippen LogP contribution in [-0.2, 0) is 0 Å². The first-order valence-electron chi connectivity index (χ1n) is 29.8. The maximum absolute atomic E-state index is 5.80. The smallest absolute Gasteiger partial charge is 0.0738 e. The molecule has 8 aromatic carbocycles. The Hall–Kier alpha value is -7.72. The molecule has 8 heteroatoms. The maximum atomic E-state index is 5.80. The van der Waals surface area contributed by atoms with E-state index in [2.05, 4.69) is 305 Å². The molecule has 0 fully saturated rings. The van der Waals surface area contributed by atoms with Crippen molar-refractivity contribution < 1.29 is 0 Å².